The Morgan fingerprint density at radius 1 is 1.36 bits per heavy atom. The number of hydrogen-bond donors (Lipinski definition) is 1. The van der Waals surface area contributed by atoms with E-state index < -0.39 is 0 Å². The predicted octanol–water partition coefficient (Wildman–Crippen LogP) is 4.58. The molecule has 7 heteroatoms. The molecule has 0 atom stereocenters. The maximum absolute atomic E-state index is 12.1. The Bertz CT molecular complexity index is 809. The molecule has 0 unspecified atom stereocenters. The molecule has 132 valence electrons. The number of carbonyl (C=O) groups is 1. The smallest absolute Gasteiger partial charge is 0.271 e. The van der Waals surface area contributed by atoms with E-state index in [0.29, 0.717) is 28.7 Å². The van der Waals surface area contributed by atoms with Crippen LogP contribution in [0.4, 0.5) is 0 Å². The van der Waals surface area contributed by atoms with Crippen molar-refractivity contribution in [3.8, 4) is 11.5 Å². The quantitative estimate of drug-likeness (QED) is 0.544. The number of methoxy groups -OCH3 is 1. The second-order valence-corrected chi connectivity index (χ2v) is 6.39. The number of hydrazone groups is 1. The first-order valence-electron chi connectivity index (χ1n) is 7.56. The maximum atomic E-state index is 12.1. The van der Waals surface area contributed by atoms with Crippen LogP contribution in [0.2, 0.25) is 5.02 Å². The van der Waals surface area contributed by atoms with E-state index in [0.717, 1.165) is 15.6 Å². The Morgan fingerprint density at radius 2 is 2.12 bits per heavy atom. The fourth-order valence-corrected chi connectivity index (χ4v) is 2.82. The van der Waals surface area contributed by atoms with Crippen molar-refractivity contribution in [2.75, 3.05) is 13.7 Å². The zero-order chi connectivity index (χ0) is 18.4. The third kappa shape index (κ3) is 4.96. The lowest BCUT2D eigenvalue weighted by atomic mass is 10.1. The first-order valence-corrected chi connectivity index (χ1v) is 8.73. The third-order valence-electron chi connectivity index (χ3n) is 3.35. The van der Waals surface area contributed by atoms with Crippen molar-refractivity contribution in [1.29, 1.82) is 0 Å². The minimum absolute atomic E-state index is 0.338. The molecule has 2 rings (SSSR count). The highest BCUT2D eigenvalue weighted by atomic mass is 79.9. The van der Waals surface area contributed by atoms with Crippen LogP contribution in [0.3, 0.4) is 0 Å². The molecule has 0 saturated carbocycles. The average Bonchev–Trinajstić information content (AvgIpc) is 2.59. The van der Waals surface area contributed by atoms with E-state index in [9.17, 15) is 4.79 Å². The van der Waals surface area contributed by atoms with Crippen molar-refractivity contribution in [2.45, 2.75) is 13.8 Å². The van der Waals surface area contributed by atoms with Gasteiger partial charge in [-0.15, -0.1) is 0 Å². The van der Waals surface area contributed by atoms with Crippen molar-refractivity contribution in [3.05, 3.63) is 56.5 Å². The van der Waals surface area contributed by atoms with E-state index in [4.69, 9.17) is 21.1 Å². The Hall–Kier alpha value is -2.05. The molecule has 0 bridgehead atoms. The Kier molecular flexibility index (Phi) is 6.84. The topological polar surface area (TPSA) is 59.9 Å². The summed E-state index contributed by atoms with van der Waals surface area (Å²) in [6.45, 7) is 4.30. The molecule has 0 radical (unpaired) electrons. The zero-order valence-corrected chi connectivity index (χ0v) is 16.4. The van der Waals surface area contributed by atoms with Crippen LogP contribution in [-0.4, -0.2) is 25.8 Å². The fourth-order valence-electron chi connectivity index (χ4n) is 2.06. The normalized spacial score (nSPS) is 10.8. The van der Waals surface area contributed by atoms with Crippen LogP contribution >= 0.6 is 27.5 Å². The lowest BCUT2D eigenvalue weighted by molar-refractivity contribution is 0.0955. The molecule has 0 fully saturated rings. The Labute approximate surface area is 160 Å². The highest BCUT2D eigenvalue weighted by Crippen LogP contribution is 2.36. The number of hydrogen-bond acceptors (Lipinski definition) is 4. The maximum Gasteiger partial charge on any atom is 0.271 e. The molecule has 0 aliphatic carbocycles. The number of benzene rings is 2. The molecule has 2 aromatic carbocycles. The first-order chi connectivity index (χ1) is 12.0. The monoisotopic (exact) mass is 424 g/mol. The highest BCUT2D eigenvalue weighted by Gasteiger charge is 2.11. The van der Waals surface area contributed by atoms with Crippen LogP contribution in [0.25, 0.3) is 0 Å². The van der Waals surface area contributed by atoms with E-state index >= 15 is 0 Å². The van der Waals surface area contributed by atoms with Gasteiger partial charge in [-0.1, -0.05) is 17.7 Å². The summed E-state index contributed by atoms with van der Waals surface area (Å²) in [7, 11) is 1.56. The summed E-state index contributed by atoms with van der Waals surface area (Å²) >= 11 is 9.47. The van der Waals surface area contributed by atoms with Crippen LogP contribution in [0.5, 0.6) is 11.5 Å². The summed E-state index contributed by atoms with van der Waals surface area (Å²) < 4.78 is 11.6. The van der Waals surface area contributed by atoms with Crippen LogP contribution < -0.4 is 14.9 Å². The van der Waals surface area contributed by atoms with Crippen molar-refractivity contribution in [2.24, 2.45) is 5.10 Å². The van der Waals surface area contributed by atoms with Gasteiger partial charge >= 0.3 is 0 Å². The molecule has 0 saturated heterocycles. The number of amides is 1. The summed E-state index contributed by atoms with van der Waals surface area (Å²) in [4.78, 5) is 12.1. The third-order valence-corrected chi connectivity index (χ3v) is 4.35. The molecular formula is C18H18BrClN2O3. The number of ether oxygens (including phenoxy) is 2. The van der Waals surface area contributed by atoms with E-state index in [2.05, 4.69) is 26.5 Å². The zero-order valence-electron chi connectivity index (χ0n) is 14.1. The van der Waals surface area contributed by atoms with Crippen LogP contribution in [-0.2, 0) is 0 Å². The van der Waals surface area contributed by atoms with Gasteiger partial charge in [0.15, 0.2) is 11.5 Å². The molecule has 0 heterocycles. The number of halogens is 2. The van der Waals surface area contributed by atoms with Gasteiger partial charge in [0, 0.05) is 10.6 Å². The molecule has 0 aromatic heterocycles. The molecule has 0 aliphatic rings. The molecule has 5 nitrogen and oxygen atoms in total. The number of nitrogens with one attached hydrogen (secondary N) is 1. The standard InChI is InChI=1S/C18H18BrClN2O3/c1-4-25-17-14(19)7-12(8-16(17)24-3)10-21-22-18(23)13-6-5-11(2)15(20)9-13/h5-10H,4H2,1-3H3,(H,22,23)/b21-10-. The van der Waals surface area contributed by atoms with E-state index in [1.54, 1.807) is 31.4 Å². The van der Waals surface area contributed by atoms with Gasteiger partial charge in [0.1, 0.15) is 0 Å². The molecule has 1 amide bonds. The van der Waals surface area contributed by atoms with Gasteiger partial charge in [0.25, 0.3) is 5.91 Å². The summed E-state index contributed by atoms with van der Waals surface area (Å²) in [5.41, 5.74) is 4.57. The minimum Gasteiger partial charge on any atom is -0.493 e. The van der Waals surface area contributed by atoms with E-state index in [1.807, 2.05) is 19.9 Å². The second-order valence-electron chi connectivity index (χ2n) is 5.13. The van der Waals surface area contributed by atoms with Crippen LogP contribution in [0.15, 0.2) is 39.9 Å². The highest BCUT2D eigenvalue weighted by molar-refractivity contribution is 9.10. The molecule has 0 aliphatic heterocycles. The van der Waals surface area contributed by atoms with Crippen molar-refractivity contribution >= 4 is 39.7 Å². The average molecular weight is 426 g/mol. The summed E-state index contributed by atoms with van der Waals surface area (Å²) in [6.07, 6.45) is 1.52. The molecule has 25 heavy (non-hydrogen) atoms. The van der Waals surface area contributed by atoms with Crippen molar-refractivity contribution in [3.63, 3.8) is 0 Å². The van der Waals surface area contributed by atoms with Gasteiger partial charge in [-0.05, 0) is 65.2 Å². The van der Waals surface area contributed by atoms with Crippen molar-refractivity contribution < 1.29 is 14.3 Å². The lowest BCUT2D eigenvalue weighted by Gasteiger charge is -2.11. The first kappa shape index (κ1) is 19.3. The number of aryl methyl sites for hydroxylation is 1. The summed E-state index contributed by atoms with van der Waals surface area (Å²) in [6, 6.07) is 8.69. The van der Waals surface area contributed by atoms with Crippen LogP contribution in [0.1, 0.15) is 28.4 Å². The lowest BCUT2D eigenvalue weighted by Crippen LogP contribution is -2.17. The SMILES string of the molecule is CCOc1c(Br)cc(/C=N\NC(=O)c2ccc(C)c(Cl)c2)cc1OC. The second kappa shape index (κ2) is 8.87. The summed E-state index contributed by atoms with van der Waals surface area (Å²) in [5.74, 6) is 0.866. The van der Waals surface area contributed by atoms with Gasteiger partial charge < -0.3 is 9.47 Å². The predicted molar refractivity (Wildman–Crippen MR) is 103 cm³/mol. The molecule has 2 aromatic rings. The minimum atomic E-state index is -0.338. The Balaban J connectivity index is 2.12. The van der Waals surface area contributed by atoms with Gasteiger partial charge in [-0.25, -0.2) is 5.43 Å². The van der Waals surface area contributed by atoms with E-state index in [-0.39, 0.29) is 5.91 Å². The van der Waals surface area contributed by atoms with E-state index in [1.165, 1.54) is 6.21 Å². The molecule has 0 spiro atoms. The van der Waals surface area contributed by atoms with Gasteiger partial charge in [-0.3, -0.25) is 4.79 Å². The fraction of sp³-hybridized carbons (Fsp3) is 0.222. The number of nitrogens with zero attached hydrogens (tertiary/aromatic N) is 1. The number of rotatable bonds is 6. The van der Waals surface area contributed by atoms with Gasteiger partial charge in [0.05, 0.1) is 24.4 Å². The van der Waals surface area contributed by atoms with Gasteiger partial charge in [0.2, 0.25) is 0 Å². The molecular weight excluding hydrogens is 408 g/mol. The molecule has 1 N–H and O–H groups in total. The summed E-state index contributed by atoms with van der Waals surface area (Å²) in [5, 5.41) is 4.52. The number of carbonyl (C=O) groups excluding carboxylic acids is 1. The van der Waals surface area contributed by atoms with Crippen LogP contribution in [0, 0.1) is 6.92 Å². The largest absolute Gasteiger partial charge is 0.493 e. The van der Waals surface area contributed by atoms with Gasteiger partial charge in [-0.2, -0.15) is 5.10 Å². The van der Waals surface area contributed by atoms with Crippen molar-refractivity contribution in [1.82, 2.24) is 5.43 Å². The Morgan fingerprint density at radius 3 is 2.76 bits per heavy atom.